The largest absolute Gasteiger partial charge is 0.264 e. The van der Waals surface area contributed by atoms with Gasteiger partial charge in [0.15, 0.2) is 0 Å². The number of halogens is 1. The maximum absolute atomic E-state index is 12.4. The van der Waals surface area contributed by atoms with E-state index < -0.39 is 30.1 Å². The number of fused-ring (bicyclic) bond motifs is 1. The van der Waals surface area contributed by atoms with Gasteiger partial charge in [-0.25, -0.2) is 39.4 Å². The van der Waals surface area contributed by atoms with E-state index in [4.69, 9.17) is 11.6 Å². The van der Waals surface area contributed by atoms with Gasteiger partial charge in [0.2, 0.25) is 30.1 Å². The van der Waals surface area contributed by atoms with Gasteiger partial charge in [0.1, 0.15) is 4.90 Å². The highest BCUT2D eigenvalue weighted by Gasteiger charge is 2.23. The van der Waals surface area contributed by atoms with Gasteiger partial charge in [-0.3, -0.25) is 4.98 Å². The Bertz CT molecular complexity index is 2250. The summed E-state index contributed by atoms with van der Waals surface area (Å²) in [6.07, 6.45) is 3.32. The maximum atomic E-state index is 12.4. The van der Waals surface area contributed by atoms with E-state index in [9.17, 15) is 25.3 Å². The summed E-state index contributed by atoms with van der Waals surface area (Å²) in [5.74, 6) is 1.05. The molecule has 306 valence electrons. The third kappa shape index (κ3) is 13.3. The minimum absolute atomic E-state index is 0.0925. The Morgan fingerprint density at radius 3 is 1.44 bits per heavy atom. The van der Waals surface area contributed by atoms with Gasteiger partial charge in [-0.05, 0) is 137 Å². The summed E-state index contributed by atoms with van der Waals surface area (Å²) in [6.45, 7) is 27.1. The first-order valence-electron chi connectivity index (χ1n) is 18.6. The fourth-order valence-corrected chi connectivity index (χ4v) is 10.7. The van der Waals surface area contributed by atoms with Gasteiger partial charge in [0.25, 0.3) is 0 Å². The van der Waals surface area contributed by atoms with Crippen LogP contribution in [-0.2, 0) is 30.1 Å². The molecule has 0 unspecified atom stereocenters. The lowest BCUT2D eigenvalue weighted by Crippen LogP contribution is -2.30. The van der Waals surface area contributed by atoms with E-state index in [0.717, 1.165) is 27.6 Å². The second-order valence-electron chi connectivity index (χ2n) is 15.5. The molecule has 1 heterocycles. The first kappa shape index (κ1) is 48.2. The van der Waals surface area contributed by atoms with Crippen LogP contribution in [0.25, 0.3) is 10.8 Å². The Morgan fingerprint density at radius 2 is 0.964 bits per heavy atom. The molecule has 3 aromatic carbocycles. The molecule has 10 nitrogen and oxygen atoms in total. The van der Waals surface area contributed by atoms with E-state index >= 15 is 0 Å². The Kier molecular flexibility index (Phi) is 17.5. The summed E-state index contributed by atoms with van der Waals surface area (Å²) in [5, 5.41) is 1.93. The zero-order valence-corrected chi connectivity index (χ0v) is 37.9. The van der Waals surface area contributed by atoms with Crippen LogP contribution in [0.1, 0.15) is 129 Å². The third-order valence-electron chi connectivity index (χ3n) is 8.37. The van der Waals surface area contributed by atoms with Gasteiger partial charge in [-0.1, -0.05) is 71.3 Å². The molecule has 0 saturated carbocycles. The molecule has 3 N–H and O–H groups in total. The number of nitrogens with one attached hydrogen (secondary N) is 3. The lowest BCUT2D eigenvalue weighted by Gasteiger charge is -2.16. The SMILES string of the molecule is CC(C)NS(=O)(=O)c1ccc(C(C)C)c2ccncc12.Cc1c(C(C)C)ccc(S(=O)(=O)NC(C)C)c1Cl.Cc1cc(S(=O)(=O)NC(C)C)ccc1C(C)C. The molecule has 0 aliphatic heterocycles. The molecule has 4 rings (SSSR count). The highest BCUT2D eigenvalue weighted by molar-refractivity contribution is 7.90. The van der Waals surface area contributed by atoms with E-state index in [2.05, 4.69) is 60.7 Å². The van der Waals surface area contributed by atoms with Crippen molar-refractivity contribution >= 4 is 52.4 Å². The predicted molar refractivity (Wildman–Crippen MR) is 228 cm³/mol. The number of nitrogens with zero attached hydrogens (tertiary/aromatic N) is 1. The molecule has 1 aromatic heterocycles. The quantitative estimate of drug-likeness (QED) is 0.129. The smallest absolute Gasteiger partial charge is 0.242 e. The Balaban J connectivity index is 0.000000286. The van der Waals surface area contributed by atoms with Crippen LogP contribution in [0.15, 0.2) is 75.6 Å². The highest BCUT2D eigenvalue weighted by atomic mass is 35.5. The molecule has 0 saturated heterocycles. The predicted octanol–water partition coefficient (Wildman–Crippen LogP) is 9.31. The topological polar surface area (TPSA) is 151 Å². The van der Waals surface area contributed by atoms with Crippen LogP contribution in [0, 0.1) is 13.8 Å². The van der Waals surface area contributed by atoms with Crippen molar-refractivity contribution in [2.75, 3.05) is 0 Å². The van der Waals surface area contributed by atoms with Crippen molar-refractivity contribution in [1.82, 2.24) is 19.2 Å². The van der Waals surface area contributed by atoms with Crippen molar-refractivity contribution < 1.29 is 25.3 Å². The Labute approximate surface area is 336 Å². The van der Waals surface area contributed by atoms with E-state index in [1.807, 2.05) is 52.0 Å². The molecule has 0 bridgehead atoms. The normalized spacial score (nSPS) is 12.5. The zero-order valence-electron chi connectivity index (χ0n) is 34.7. The minimum atomic E-state index is -3.54. The number of sulfonamides is 3. The highest BCUT2D eigenvalue weighted by Crippen LogP contribution is 2.32. The number of benzene rings is 3. The molecule has 0 amide bonds. The first-order valence-corrected chi connectivity index (χ1v) is 23.4. The molecule has 0 aliphatic rings. The van der Waals surface area contributed by atoms with Crippen LogP contribution < -0.4 is 14.2 Å². The van der Waals surface area contributed by atoms with Crippen molar-refractivity contribution in [1.29, 1.82) is 0 Å². The summed E-state index contributed by atoms with van der Waals surface area (Å²) < 4.78 is 80.7. The van der Waals surface area contributed by atoms with E-state index in [1.54, 1.807) is 64.4 Å². The van der Waals surface area contributed by atoms with Crippen molar-refractivity contribution in [3.05, 3.63) is 93.8 Å². The summed E-state index contributed by atoms with van der Waals surface area (Å²) in [6, 6.07) is 13.8. The molecule has 0 fully saturated rings. The van der Waals surface area contributed by atoms with Crippen LogP contribution >= 0.6 is 11.6 Å². The fraction of sp³-hybridized carbons (Fsp3) is 0.488. The van der Waals surface area contributed by atoms with Crippen LogP contribution in [0.5, 0.6) is 0 Å². The average molecular weight is 838 g/mol. The number of pyridine rings is 1. The molecule has 55 heavy (non-hydrogen) atoms. The number of hydrogen-bond donors (Lipinski definition) is 3. The zero-order chi connectivity index (χ0) is 42.2. The minimum Gasteiger partial charge on any atom is -0.264 e. The Morgan fingerprint density at radius 1 is 0.527 bits per heavy atom. The number of hydrogen-bond acceptors (Lipinski definition) is 7. The van der Waals surface area contributed by atoms with Crippen molar-refractivity contribution in [2.24, 2.45) is 0 Å². The van der Waals surface area contributed by atoms with Crippen LogP contribution in [0.3, 0.4) is 0 Å². The summed E-state index contributed by atoms with van der Waals surface area (Å²) in [7, 11) is -10.4. The lowest BCUT2D eigenvalue weighted by molar-refractivity contribution is 0.568. The monoisotopic (exact) mass is 836 g/mol. The molecular weight excluding hydrogens is 776 g/mol. The van der Waals surface area contributed by atoms with Gasteiger partial charge in [0.05, 0.1) is 14.8 Å². The molecular formula is C41H61ClN4O6S3. The van der Waals surface area contributed by atoms with Gasteiger partial charge in [0, 0.05) is 35.9 Å². The van der Waals surface area contributed by atoms with Crippen LogP contribution in [0.2, 0.25) is 5.02 Å². The number of aromatic nitrogens is 1. The molecule has 14 heteroatoms. The lowest BCUT2D eigenvalue weighted by atomic mass is 9.97. The molecule has 4 aromatic rings. The average Bonchev–Trinajstić information content (AvgIpc) is 3.03. The van der Waals surface area contributed by atoms with Crippen molar-refractivity contribution in [2.45, 2.75) is 147 Å². The van der Waals surface area contributed by atoms with Gasteiger partial charge in [-0.2, -0.15) is 0 Å². The van der Waals surface area contributed by atoms with Crippen molar-refractivity contribution in [3.8, 4) is 0 Å². The van der Waals surface area contributed by atoms with Crippen LogP contribution in [-0.4, -0.2) is 48.4 Å². The summed E-state index contributed by atoms with van der Waals surface area (Å²) >= 11 is 6.19. The molecule has 0 aliphatic carbocycles. The number of rotatable bonds is 12. The molecule has 0 atom stereocenters. The van der Waals surface area contributed by atoms with E-state index in [-0.39, 0.29) is 23.0 Å². The van der Waals surface area contributed by atoms with Gasteiger partial charge in [-0.15, -0.1) is 0 Å². The van der Waals surface area contributed by atoms with E-state index in [0.29, 0.717) is 38.0 Å². The van der Waals surface area contributed by atoms with Crippen molar-refractivity contribution in [3.63, 3.8) is 0 Å². The number of aryl methyl sites for hydroxylation is 1. The van der Waals surface area contributed by atoms with Gasteiger partial charge < -0.3 is 0 Å². The fourth-order valence-electron chi connectivity index (χ4n) is 6.02. The second-order valence-corrected chi connectivity index (χ2v) is 20.9. The molecule has 0 radical (unpaired) electrons. The summed E-state index contributed by atoms with van der Waals surface area (Å²) in [5.41, 5.74) is 5.24. The van der Waals surface area contributed by atoms with Gasteiger partial charge >= 0.3 is 0 Å². The van der Waals surface area contributed by atoms with E-state index in [1.165, 1.54) is 5.56 Å². The first-order chi connectivity index (χ1) is 25.2. The molecule has 0 spiro atoms. The summed E-state index contributed by atoms with van der Waals surface area (Å²) in [4.78, 5) is 4.86. The second kappa shape index (κ2) is 20.0. The Hall–Kier alpha value is -2.91. The third-order valence-corrected chi connectivity index (χ3v) is 14.0. The standard InChI is InChI=1S/C15H20N2O2S.C13H20ClNO2S.C13H21NO2S/c1-10(2)12-5-6-15(20(18,19)17-11(3)4)14-9-16-8-7-13(12)14;1-8(2)11-6-7-12(13(14)10(11)5)18(16,17)15-9(3)4;1-9(2)13-7-6-12(8-11(13)5)17(15,16)14-10(3)4/h5-11,17H,1-4H3;6-9,15H,1-5H3;6-10,14H,1-5H3. The van der Waals surface area contributed by atoms with Crippen LogP contribution in [0.4, 0.5) is 0 Å². The maximum Gasteiger partial charge on any atom is 0.242 e.